The van der Waals surface area contributed by atoms with Crippen LogP contribution in [0, 0.1) is 0 Å². The van der Waals surface area contributed by atoms with E-state index >= 15 is 0 Å². The minimum atomic E-state index is -0.200. The first kappa shape index (κ1) is 17.4. The van der Waals surface area contributed by atoms with E-state index in [1.807, 2.05) is 41.3 Å². The Labute approximate surface area is 156 Å². The first-order valence-corrected chi connectivity index (χ1v) is 9.10. The zero-order valence-electron chi connectivity index (χ0n) is 14.9. The van der Waals surface area contributed by atoms with Gasteiger partial charge in [0.2, 0.25) is 5.91 Å². The molecule has 0 aliphatic heterocycles. The molecule has 27 heavy (non-hydrogen) atoms. The Morgan fingerprint density at radius 3 is 2.63 bits per heavy atom. The van der Waals surface area contributed by atoms with Gasteiger partial charge in [0.25, 0.3) is 5.56 Å². The molecule has 0 radical (unpaired) electrons. The predicted octanol–water partition coefficient (Wildman–Crippen LogP) is 2.63. The molecule has 2 aromatic carbocycles. The van der Waals surface area contributed by atoms with Gasteiger partial charge < -0.3 is 14.6 Å². The van der Waals surface area contributed by atoms with Gasteiger partial charge in [-0.25, -0.2) is 4.98 Å². The van der Waals surface area contributed by atoms with Crippen molar-refractivity contribution in [2.24, 2.45) is 0 Å². The Kier molecular flexibility index (Phi) is 4.98. The Morgan fingerprint density at radius 1 is 1.11 bits per heavy atom. The largest absolute Gasteiger partial charge is 0.364 e. The fourth-order valence-corrected chi connectivity index (χ4v) is 3.11. The Balaban J connectivity index is 1.38. The number of carbonyl (C=O) groups excluding carboxylic acids is 1. The number of aromatic nitrogens is 2. The van der Waals surface area contributed by atoms with E-state index in [0.717, 1.165) is 18.4 Å². The molecule has 1 aliphatic carbocycles. The van der Waals surface area contributed by atoms with Crippen LogP contribution in [0.4, 0.5) is 0 Å². The molecular weight excluding hydrogens is 342 g/mol. The fraction of sp³-hybridized carbons (Fsp3) is 0.286. The summed E-state index contributed by atoms with van der Waals surface area (Å²) in [4.78, 5) is 33.7. The van der Waals surface area contributed by atoms with Gasteiger partial charge in [-0.15, -0.1) is 0 Å². The molecule has 1 aliphatic rings. The van der Waals surface area contributed by atoms with E-state index in [1.54, 1.807) is 18.2 Å². The Hall–Kier alpha value is -2.99. The molecule has 1 fully saturated rings. The van der Waals surface area contributed by atoms with Crippen molar-refractivity contribution in [2.75, 3.05) is 6.61 Å². The number of rotatable bonds is 7. The van der Waals surface area contributed by atoms with Gasteiger partial charge >= 0.3 is 0 Å². The number of nitrogens with zero attached hydrogens (tertiary/aromatic N) is 2. The zero-order valence-corrected chi connectivity index (χ0v) is 14.9. The number of hydrogen-bond donors (Lipinski definition) is 1. The molecule has 1 amide bonds. The van der Waals surface area contributed by atoms with Crippen molar-refractivity contribution in [3.63, 3.8) is 0 Å². The first-order chi connectivity index (χ1) is 13.2. The summed E-state index contributed by atoms with van der Waals surface area (Å²) in [7, 11) is 0. The number of H-pyrrole nitrogens is 1. The van der Waals surface area contributed by atoms with Crippen LogP contribution in [-0.4, -0.2) is 33.4 Å². The molecule has 1 saturated carbocycles. The molecule has 0 unspecified atom stereocenters. The van der Waals surface area contributed by atoms with Crippen molar-refractivity contribution in [2.45, 2.75) is 32.0 Å². The molecule has 3 aromatic rings. The van der Waals surface area contributed by atoms with E-state index in [-0.39, 0.29) is 24.7 Å². The highest BCUT2D eigenvalue weighted by atomic mass is 16.5. The van der Waals surface area contributed by atoms with Crippen molar-refractivity contribution >= 4 is 16.8 Å². The number of benzene rings is 2. The van der Waals surface area contributed by atoms with Crippen molar-refractivity contribution in [1.82, 2.24) is 14.9 Å². The molecular formula is C21H21N3O3. The van der Waals surface area contributed by atoms with Crippen LogP contribution in [0.15, 0.2) is 59.4 Å². The number of carbonyl (C=O) groups is 1. The van der Waals surface area contributed by atoms with Gasteiger partial charge in [-0.3, -0.25) is 9.59 Å². The third-order valence-corrected chi connectivity index (χ3v) is 4.63. The normalized spacial score (nSPS) is 13.6. The summed E-state index contributed by atoms with van der Waals surface area (Å²) in [6, 6.07) is 17.4. The molecule has 4 rings (SSSR count). The topological polar surface area (TPSA) is 75.3 Å². The van der Waals surface area contributed by atoms with Crippen LogP contribution in [0.1, 0.15) is 24.2 Å². The molecule has 6 nitrogen and oxygen atoms in total. The van der Waals surface area contributed by atoms with Crippen LogP contribution >= 0.6 is 0 Å². The second kappa shape index (κ2) is 7.72. The van der Waals surface area contributed by atoms with Gasteiger partial charge in [0.15, 0.2) is 0 Å². The summed E-state index contributed by atoms with van der Waals surface area (Å²) in [5.74, 6) is 0.386. The second-order valence-corrected chi connectivity index (χ2v) is 6.76. The van der Waals surface area contributed by atoms with Gasteiger partial charge in [-0.2, -0.15) is 0 Å². The van der Waals surface area contributed by atoms with Crippen molar-refractivity contribution in [3.8, 4) is 0 Å². The van der Waals surface area contributed by atoms with E-state index in [2.05, 4.69) is 9.97 Å². The summed E-state index contributed by atoms with van der Waals surface area (Å²) < 4.78 is 5.56. The monoisotopic (exact) mass is 363 g/mol. The minimum absolute atomic E-state index is 0.0279. The summed E-state index contributed by atoms with van der Waals surface area (Å²) in [5.41, 5.74) is 1.53. The lowest BCUT2D eigenvalue weighted by atomic mass is 10.2. The number of hydrogen-bond acceptors (Lipinski definition) is 4. The number of fused-ring (bicyclic) bond motifs is 1. The maximum atomic E-state index is 12.6. The number of para-hydroxylation sites is 1. The van der Waals surface area contributed by atoms with Gasteiger partial charge in [0.1, 0.15) is 19.0 Å². The van der Waals surface area contributed by atoms with E-state index < -0.39 is 0 Å². The fourth-order valence-electron chi connectivity index (χ4n) is 3.11. The highest BCUT2D eigenvalue weighted by Gasteiger charge is 2.32. The molecule has 0 saturated heterocycles. The van der Waals surface area contributed by atoms with E-state index in [0.29, 0.717) is 29.3 Å². The van der Waals surface area contributed by atoms with Crippen LogP contribution in [0.2, 0.25) is 0 Å². The summed E-state index contributed by atoms with van der Waals surface area (Å²) >= 11 is 0. The average molecular weight is 363 g/mol. The van der Waals surface area contributed by atoms with Gasteiger partial charge in [-0.1, -0.05) is 42.5 Å². The SMILES string of the molecule is O=C(COCc1nc2ccccc2c(=O)[nH]1)N(Cc1ccccc1)C1CC1. The van der Waals surface area contributed by atoms with Crippen LogP contribution in [0.5, 0.6) is 0 Å². The average Bonchev–Trinajstić information content (AvgIpc) is 3.52. The van der Waals surface area contributed by atoms with Crippen molar-refractivity contribution in [1.29, 1.82) is 0 Å². The number of ether oxygens (including phenoxy) is 1. The van der Waals surface area contributed by atoms with Crippen LogP contribution < -0.4 is 5.56 Å². The smallest absolute Gasteiger partial charge is 0.258 e. The highest BCUT2D eigenvalue weighted by Crippen LogP contribution is 2.28. The maximum Gasteiger partial charge on any atom is 0.258 e. The lowest BCUT2D eigenvalue weighted by Crippen LogP contribution is -2.35. The molecule has 1 N–H and O–H groups in total. The molecule has 0 atom stereocenters. The molecule has 6 heteroatoms. The standard InChI is InChI=1S/C21H21N3O3/c25-20(24(16-10-11-16)12-15-6-2-1-3-7-15)14-27-13-19-22-18-9-5-4-8-17(18)21(26)23-19/h1-9,16H,10-14H2,(H,22,23,26). The Morgan fingerprint density at radius 2 is 1.85 bits per heavy atom. The lowest BCUT2D eigenvalue weighted by Gasteiger charge is -2.22. The van der Waals surface area contributed by atoms with Gasteiger partial charge in [0, 0.05) is 12.6 Å². The first-order valence-electron chi connectivity index (χ1n) is 9.10. The quantitative estimate of drug-likeness (QED) is 0.700. The molecule has 0 bridgehead atoms. The highest BCUT2D eigenvalue weighted by molar-refractivity contribution is 5.78. The summed E-state index contributed by atoms with van der Waals surface area (Å²) in [5, 5.41) is 0.542. The number of amides is 1. The van der Waals surface area contributed by atoms with Crippen LogP contribution in [-0.2, 0) is 22.7 Å². The third kappa shape index (κ3) is 4.23. The zero-order chi connectivity index (χ0) is 18.6. The summed E-state index contributed by atoms with van der Waals surface area (Å²) in [6.07, 6.45) is 2.08. The molecule has 0 spiro atoms. The van der Waals surface area contributed by atoms with E-state index in [4.69, 9.17) is 4.74 Å². The van der Waals surface area contributed by atoms with E-state index in [9.17, 15) is 9.59 Å². The van der Waals surface area contributed by atoms with Crippen molar-refractivity contribution in [3.05, 3.63) is 76.3 Å². The lowest BCUT2D eigenvalue weighted by molar-refractivity contribution is -0.137. The van der Waals surface area contributed by atoms with Crippen LogP contribution in [0.25, 0.3) is 10.9 Å². The number of nitrogens with one attached hydrogen (secondary N) is 1. The molecule has 138 valence electrons. The Bertz CT molecular complexity index is 996. The molecule has 1 heterocycles. The van der Waals surface area contributed by atoms with Gasteiger partial charge in [0.05, 0.1) is 10.9 Å². The van der Waals surface area contributed by atoms with Crippen LogP contribution in [0.3, 0.4) is 0 Å². The van der Waals surface area contributed by atoms with Gasteiger partial charge in [-0.05, 0) is 30.5 Å². The second-order valence-electron chi connectivity index (χ2n) is 6.76. The molecule has 1 aromatic heterocycles. The minimum Gasteiger partial charge on any atom is -0.364 e. The van der Waals surface area contributed by atoms with Crippen molar-refractivity contribution < 1.29 is 9.53 Å². The number of aromatic amines is 1. The predicted molar refractivity (Wildman–Crippen MR) is 102 cm³/mol. The van der Waals surface area contributed by atoms with E-state index in [1.165, 1.54) is 0 Å². The maximum absolute atomic E-state index is 12.6. The summed E-state index contributed by atoms with van der Waals surface area (Å²) in [6.45, 7) is 0.661. The third-order valence-electron chi connectivity index (χ3n) is 4.63.